The summed E-state index contributed by atoms with van der Waals surface area (Å²) in [4.78, 5) is 13.8. The van der Waals surface area contributed by atoms with Crippen LogP contribution in [0.3, 0.4) is 0 Å². The van der Waals surface area contributed by atoms with Gasteiger partial charge in [-0.25, -0.2) is 9.79 Å². The van der Waals surface area contributed by atoms with Gasteiger partial charge in [0.2, 0.25) is 6.08 Å². The molecule has 0 saturated heterocycles. The van der Waals surface area contributed by atoms with E-state index in [1.807, 2.05) is 18.2 Å². The molecule has 3 nitrogen and oxygen atoms in total. The molecule has 0 atom stereocenters. The Hall–Kier alpha value is -1.31. The number of isocyanates is 1. The molecular weight excluding hydrogens is 226 g/mol. The first-order valence-corrected chi connectivity index (χ1v) is 5.47. The van der Waals surface area contributed by atoms with Crippen molar-refractivity contribution in [3.05, 3.63) is 28.8 Å². The van der Waals surface area contributed by atoms with Gasteiger partial charge in [0.1, 0.15) is 5.75 Å². The van der Waals surface area contributed by atoms with Gasteiger partial charge in [-0.1, -0.05) is 17.7 Å². The van der Waals surface area contributed by atoms with Gasteiger partial charge in [0.05, 0.1) is 18.7 Å². The molecule has 1 aromatic rings. The zero-order chi connectivity index (χ0) is 11.6. The summed E-state index contributed by atoms with van der Waals surface area (Å²) in [5.74, 6) is 0.667. The summed E-state index contributed by atoms with van der Waals surface area (Å²) >= 11 is 6.06. The Morgan fingerprint density at radius 2 is 2.31 bits per heavy atom. The van der Waals surface area contributed by atoms with Crippen molar-refractivity contribution in [1.82, 2.24) is 0 Å². The van der Waals surface area contributed by atoms with Gasteiger partial charge in [-0.15, -0.1) is 0 Å². The number of halogens is 1. The number of hydrogen-bond acceptors (Lipinski definition) is 3. The minimum Gasteiger partial charge on any atom is -0.495 e. The summed E-state index contributed by atoms with van der Waals surface area (Å²) in [6.07, 6.45) is 3.67. The largest absolute Gasteiger partial charge is 0.495 e. The van der Waals surface area contributed by atoms with Gasteiger partial charge in [0.25, 0.3) is 0 Å². The number of carbonyl (C=O) groups excluding carboxylic acids is 1. The zero-order valence-corrected chi connectivity index (χ0v) is 9.75. The van der Waals surface area contributed by atoms with E-state index in [0.717, 1.165) is 18.4 Å². The number of rotatable bonds is 4. The quantitative estimate of drug-likeness (QED) is 0.597. The summed E-state index contributed by atoms with van der Waals surface area (Å²) in [5.41, 5.74) is 1.13. The first-order chi connectivity index (χ1) is 7.72. The Morgan fingerprint density at radius 1 is 1.56 bits per heavy atom. The van der Waals surface area contributed by atoms with E-state index in [1.54, 1.807) is 13.2 Å². The standard InChI is InChI=1S/C12H12ClNO2/c1-16-11-3-2-9(6-10(11)13)12(4-5-12)7-14-8-15/h2-3,6H,4-5,7H2,1H3. The summed E-state index contributed by atoms with van der Waals surface area (Å²) < 4.78 is 5.10. The van der Waals surface area contributed by atoms with Crippen molar-refractivity contribution < 1.29 is 9.53 Å². The van der Waals surface area contributed by atoms with Crippen LogP contribution >= 0.6 is 11.6 Å². The van der Waals surface area contributed by atoms with Crippen molar-refractivity contribution in [2.45, 2.75) is 18.3 Å². The lowest BCUT2D eigenvalue weighted by molar-refractivity contribution is 0.414. The van der Waals surface area contributed by atoms with Crippen LogP contribution in [0.5, 0.6) is 5.75 Å². The van der Waals surface area contributed by atoms with E-state index in [-0.39, 0.29) is 5.41 Å². The Labute approximate surface area is 99.1 Å². The molecule has 1 aliphatic carbocycles. The molecule has 0 amide bonds. The van der Waals surface area contributed by atoms with E-state index in [1.165, 1.54) is 0 Å². The van der Waals surface area contributed by atoms with Crippen molar-refractivity contribution in [2.75, 3.05) is 13.7 Å². The molecule has 4 heteroatoms. The normalized spacial score (nSPS) is 16.4. The second-order valence-electron chi connectivity index (χ2n) is 4.04. The van der Waals surface area contributed by atoms with Gasteiger partial charge < -0.3 is 4.74 Å². The first kappa shape index (κ1) is 11.2. The molecule has 16 heavy (non-hydrogen) atoms. The van der Waals surface area contributed by atoms with Gasteiger partial charge >= 0.3 is 0 Å². The third-order valence-corrected chi connectivity index (χ3v) is 3.36. The molecule has 1 fully saturated rings. The minimum atomic E-state index is 0.00726. The topological polar surface area (TPSA) is 38.7 Å². The maximum atomic E-state index is 10.1. The van der Waals surface area contributed by atoms with Crippen LogP contribution in [0.15, 0.2) is 23.2 Å². The monoisotopic (exact) mass is 237 g/mol. The van der Waals surface area contributed by atoms with Crippen LogP contribution in [-0.2, 0) is 10.2 Å². The van der Waals surface area contributed by atoms with E-state index in [4.69, 9.17) is 16.3 Å². The van der Waals surface area contributed by atoms with Gasteiger partial charge in [-0.05, 0) is 30.5 Å². The highest BCUT2D eigenvalue weighted by molar-refractivity contribution is 6.32. The molecule has 0 heterocycles. The van der Waals surface area contributed by atoms with Crippen molar-refractivity contribution in [2.24, 2.45) is 4.99 Å². The second kappa shape index (κ2) is 4.28. The summed E-state index contributed by atoms with van der Waals surface area (Å²) in [6.45, 7) is 0.499. The second-order valence-corrected chi connectivity index (χ2v) is 4.44. The van der Waals surface area contributed by atoms with Crippen molar-refractivity contribution >= 4 is 17.7 Å². The maximum Gasteiger partial charge on any atom is 0.234 e. The fourth-order valence-corrected chi connectivity index (χ4v) is 2.13. The summed E-state index contributed by atoms with van der Waals surface area (Å²) in [7, 11) is 1.59. The van der Waals surface area contributed by atoms with Gasteiger partial charge in [-0.2, -0.15) is 0 Å². The Kier molecular flexibility index (Phi) is 2.99. The Morgan fingerprint density at radius 3 is 2.81 bits per heavy atom. The van der Waals surface area contributed by atoms with Gasteiger partial charge in [0.15, 0.2) is 0 Å². The number of ether oxygens (including phenoxy) is 1. The van der Waals surface area contributed by atoms with Crippen LogP contribution in [0.4, 0.5) is 0 Å². The van der Waals surface area contributed by atoms with Crippen LogP contribution in [0.25, 0.3) is 0 Å². The Balaban J connectivity index is 2.27. The number of nitrogens with zero attached hydrogens (tertiary/aromatic N) is 1. The number of methoxy groups -OCH3 is 1. The van der Waals surface area contributed by atoms with Crippen molar-refractivity contribution in [1.29, 1.82) is 0 Å². The molecule has 0 aliphatic heterocycles. The zero-order valence-electron chi connectivity index (χ0n) is 9.00. The Bertz CT molecular complexity index is 448. The molecule has 1 aliphatic rings. The number of benzene rings is 1. The van der Waals surface area contributed by atoms with Gasteiger partial charge in [0, 0.05) is 5.41 Å². The molecular formula is C12H12ClNO2. The highest BCUT2D eigenvalue weighted by Gasteiger charge is 2.44. The number of aliphatic imine (C=N–C) groups is 1. The maximum absolute atomic E-state index is 10.1. The fraction of sp³-hybridized carbons (Fsp3) is 0.417. The molecule has 1 aromatic carbocycles. The predicted molar refractivity (Wildman–Crippen MR) is 61.9 cm³/mol. The van der Waals surface area contributed by atoms with Crippen LogP contribution in [0.1, 0.15) is 18.4 Å². The van der Waals surface area contributed by atoms with E-state index >= 15 is 0 Å². The molecule has 0 unspecified atom stereocenters. The third-order valence-electron chi connectivity index (χ3n) is 3.06. The predicted octanol–water partition coefficient (Wildman–Crippen LogP) is 2.72. The molecule has 1 saturated carbocycles. The van der Waals surface area contributed by atoms with Crippen molar-refractivity contribution in [3.63, 3.8) is 0 Å². The highest BCUT2D eigenvalue weighted by atomic mass is 35.5. The van der Waals surface area contributed by atoms with Crippen LogP contribution in [0.2, 0.25) is 5.02 Å². The molecule has 84 valence electrons. The summed E-state index contributed by atoms with van der Waals surface area (Å²) in [5, 5.41) is 0.598. The average Bonchev–Trinajstić information content (AvgIpc) is 3.07. The van der Waals surface area contributed by atoms with E-state index in [0.29, 0.717) is 17.3 Å². The fourth-order valence-electron chi connectivity index (χ4n) is 1.87. The number of hydrogen-bond donors (Lipinski definition) is 0. The molecule has 0 bridgehead atoms. The van der Waals surface area contributed by atoms with Crippen LogP contribution < -0.4 is 4.74 Å². The van der Waals surface area contributed by atoms with E-state index in [2.05, 4.69) is 4.99 Å². The highest BCUT2D eigenvalue weighted by Crippen LogP contribution is 2.49. The first-order valence-electron chi connectivity index (χ1n) is 5.09. The molecule has 2 rings (SSSR count). The molecule has 0 radical (unpaired) electrons. The summed E-state index contributed by atoms with van der Waals surface area (Å²) in [6, 6.07) is 5.73. The lowest BCUT2D eigenvalue weighted by Gasteiger charge is -2.13. The van der Waals surface area contributed by atoms with E-state index in [9.17, 15) is 4.79 Å². The van der Waals surface area contributed by atoms with Crippen LogP contribution in [-0.4, -0.2) is 19.7 Å². The lowest BCUT2D eigenvalue weighted by atomic mass is 9.96. The smallest absolute Gasteiger partial charge is 0.234 e. The third kappa shape index (κ3) is 1.97. The lowest BCUT2D eigenvalue weighted by Crippen LogP contribution is -2.10. The van der Waals surface area contributed by atoms with Crippen LogP contribution in [0, 0.1) is 0 Å². The van der Waals surface area contributed by atoms with Crippen molar-refractivity contribution in [3.8, 4) is 5.75 Å². The molecule has 0 aromatic heterocycles. The SMILES string of the molecule is COc1ccc(C2(CN=C=O)CC2)cc1Cl. The average molecular weight is 238 g/mol. The van der Waals surface area contributed by atoms with E-state index < -0.39 is 0 Å². The minimum absolute atomic E-state index is 0.00726. The molecule has 0 spiro atoms. The molecule has 0 N–H and O–H groups in total. The van der Waals surface area contributed by atoms with Gasteiger partial charge in [-0.3, -0.25) is 0 Å².